The predicted octanol–water partition coefficient (Wildman–Crippen LogP) is 7.16. The van der Waals surface area contributed by atoms with Crippen molar-refractivity contribution in [1.82, 2.24) is 19.9 Å². The first kappa shape index (κ1) is 14.1. The summed E-state index contributed by atoms with van der Waals surface area (Å²) in [6.45, 7) is 0. The Morgan fingerprint density at radius 1 is 0.688 bits per heavy atom. The average molecular weight is 438 g/mol. The quantitative estimate of drug-likeness (QED) is 0.319. The van der Waals surface area contributed by atoms with Crippen LogP contribution in [0, 0.1) is 0 Å². The number of halogens is 1. The summed E-state index contributed by atoms with van der Waals surface area (Å²) in [5, 5.41) is 1.58. The van der Waals surface area contributed by atoms with Crippen molar-refractivity contribution in [2.45, 2.75) is 0 Å². The maximum atomic E-state index is 8.55. The number of H-pyrrole nitrogens is 1. The smallest absolute Gasteiger partial charge is 0.226 e. The molecular formula is C27H17ClN4. The second-order valence-corrected chi connectivity index (χ2v) is 7.54. The Kier molecular flexibility index (Phi) is 3.35. The van der Waals surface area contributed by atoms with Crippen molar-refractivity contribution >= 4 is 33.4 Å². The van der Waals surface area contributed by atoms with E-state index in [-0.39, 0.29) is 35.0 Å². The van der Waals surface area contributed by atoms with Crippen LogP contribution in [0.2, 0.25) is 5.28 Å². The summed E-state index contributed by atoms with van der Waals surface area (Å²) in [7, 11) is 0. The van der Waals surface area contributed by atoms with Crippen molar-refractivity contribution in [3.63, 3.8) is 0 Å². The molecule has 4 nitrogen and oxygen atoms in total. The number of aromatic nitrogens is 4. The standard InChI is InChI=1S/C27H17ClN4/c28-27-31-25(18-11-5-2-6-12-18)30-26(32-27)21-16-15-19(17-9-3-1-4-10-17)23-20-13-7-8-14-22(20)29-24(21)23/h1-16,29H/i1D,3D,4D,9D,10D. The van der Waals surface area contributed by atoms with Gasteiger partial charge in [-0.25, -0.2) is 4.98 Å². The van der Waals surface area contributed by atoms with E-state index >= 15 is 0 Å². The van der Waals surface area contributed by atoms with Crippen molar-refractivity contribution in [3.05, 3.63) is 102 Å². The second-order valence-electron chi connectivity index (χ2n) is 7.20. The third-order valence-corrected chi connectivity index (χ3v) is 5.48. The van der Waals surface area contributed by atoms with Gasteiger partial charge in [-0.1, -0.05) is 84.8 Å². The molecule has 0 atom stereocenters. The zero-order valence-corrected chi connectivity index (χ0v) is 17.3. The lowest BCUT2D eigenvalue weighted by molar-refractivity contribution is 1.07. The number of fused-ring (bicyclic) bond motifs is 3. The van der Waals surface area contributed by atoms with Gasteiger partial charge in [-0.3, -0.25) is 0 Å². The summed E-state index contributed by atoms with van der Waals surface area (Å²) < 4.78 is 41.4. The highest BCUT2D eigenvalue weighted by molar-refractivity contribution is 6.28. The number of nitrogens with zero attached hydrogens (tertiary/aromatic N) is 3. The van der Waals surface area contributed by atoms with Crippen molar-refractivity contribution in [2.75, 3.05) is 0 Å². The van der Waals surface area contributed by atoms with Crippen LogP contribution in [0.1, 0.15) is 6.85 Å². The van der Waals surface area contributed by atoms with Crippen LogP contribution in [0.5, 0.6) is 0 Å². The first-order chi connectivity index (χ1) is 17.8. The zero-order valence-electron chi connectivity index (χ0n) is 21.6. The molecule has 0 aliphatic carbocycles. The largest absolute Gasteiger partial charge is 0.354 e. The second kappa shape index (κ2) is 7.59. The topological polar surface area (TPSA) is 54.5 Å². The molecule has 32 heavy (non-hydrogen) atoms. The van der Waals surface area contributed by atoms with Crippen molar-refractivity contribution in [1.29, 1.82) is 0 Å². The van der Waals surface area contributed by atoms with E-state index in [2.05, 4.69) is 19.9 Å². The van der Waals surface area contributed by atoms with Gasteiger partial charge in [-0.2, -0.15) is 9.97 Å². The lowest BCUT2D eigenvalue weighted by Crippen LogP contribution is -1.98. The van der Waals surface area contributed by atoms with E-state index in [0.717, 1.165) is 16.5 Å². The van der Waals surface area contributed by atoms with Gasteiger partial charge >= 0.3 is 0 Å². The third kappa shape index (κ3) is 3.13. The minimum atomic E-state index is -0.432. The molecule has 4 aromatic carbocycles. The summed E-state index contributed by atoms with van der Waals surface area (Å²) >= 11 is 6.32. The summed E-state index contributed by atoms with van der Waals surface area (Å²) in [5.74, 6) is 0.776. The van der Waals surface area contributed by atoms with Gasteiger partial charge in [0.05, 0.1) is 12.4 Å². The van der Waals surface area contributed by atoms with Crippen LogP contribution in [0.4, 0.5) is 0 Å². The van der Waals surface area contributed by atoms with E-state index in [9.17, 15) is 0 Å². The zero-order chi connectivity index (χ0) is 25.8. The normalized spacial score (nSPS) is 13.5. The molecule has 2 aromatic heterocycles. The Hall–Kier alpha value is -4.02. The molecule has 0 saturated heterocycles. The molecule has 0 aliphatic heterocycles. The monoisotopic (exact) mass is 437 g/mol. The SMILES string of the molecule is [2H]c1c([2H])c([2H])c(-c2ccc(-c3nc(Cl)nc(-c4ccccc4)n3)c3[nH]c4ccccc4c23)c([2H])c1[2H]. The third-order valence-electron chi connectivity index (χ3n) is 5.31. The number of benzene rings is 4. The fraction of sp³-hybridized carbons (Fsp3) is 0. The number of rotatable bonds is 3. The Morgan fingerprint density at radius 2 is 1.41 bits per heavy atom. The number of hydrogen-bond donors (Lipinski definition) is 1. The van der Waals surface area contributed by atoms with Gasteiger partial charge in [0.1, 0.15) is 0 Å². The van der Waals surface area contributed by atoms with Gasteiger partial charge in [0, 0.05) is 27.4 Å². The Labute approximate surface area is 196 Å². The first-order valence-electron chi connectivity index (χ1n) is 12.4. The van der Waals surface area contributed by atoms with E-state index in [1.54, 1.807) is 12.1 Å². The van der Waals surface area contributed by atoms with Crippen LogP contribution in [0.25, 0.3) is 55.7 Å². The molecule has 0 aliphatic rings. The van der Waals surface area contributed by atoms with Crippen molar-refractivity contribution in [2.24, 2.45) is 0 Å². The molecule has 2 heterocycles. The molecule has 0 unspecified atom stereocenters. The maximum absolute atomic E-state index is 8.55. The predicted molar refractivity (Wildman–Crippen MR) is 131 cm³/mol. The lowest BCUT2D eigenvalue weighted by atomic mass is 9.97. The van der Waals surface area contributed by atoms with Crippen molar-refractivity contribution < 1.29 is 6.85 Å². The highest BCUT2D eigenvalue weighted by atomic mass is 35.5. The van der Waals surface area contributed by atoms with E-state index < -0.39 is 6.04 Å². The van der Waals surface area contributed by atoms with Crippen LogP contribution in [-0.2, 0) is 0 Å². The molecule has 5 heteroatoms. The van der Waals surface area contributed by atoms with Crippen molar-refractivity contribution in [3.8, 4) is 33.9 Å². The molecule has 152 valence electrons. The van der Waals surface area contributed by atoms with Crippen LogP contribution in [0.15, 0.2) is 96.9 Å². The van der Waals surface area contributed by atoms with Gasteiger partial charge in [0.2, 0.25) is 5.28 Å². The molecule has 0 spiro atoms. The first-order valence-corrected chi connectivity index (χ1v) is 10.3. The van der Waals surface area contributed by atoms with Gasteiger partial charge in [0.15, 0.2) is 11.6 Å². The number of para-hydroxylation sites is 1. The molecule has 0 radical (unpaired) electrons. The van der Waals surface area contributed by atoms with Crippen LogP contribution < -0.4 is 0 Å². The highest BCUT2D eigenvalue weighted by Gasteiger charge is 2.17. The van der Waals surface area contributed by atoms with Gasteiger partial charge in [-0.05, 0) is 34.9 Å². The number of nitrogens with one attached hydrogen (secondary N) is 1. The molecule has 0 bridgehead atoms. The molecule has 0 fully saturated rings. The minimum Gasteiger partial charge on any atom is -0.354 e. The summed E-state index contributed by atoms with van der Waals surface area (Å²) in [6, 6.07) is 18.9. The summed E-state index contributed by atoms with van der Waals surface area (Å²) in [5.41, 5.74) is 3.55. The summed E-state index contributed by atoms with van der Waals surface area (Å²) in [6.07, 6.45) is 0. The molecule has 1 N–H and O–H groups in total. The molecular weight excluding hydrogens is 416 g/mol. The van der Waals surface area contributed by atoms with E-state index in [4.69, 9.17) is 18.5 Å². The molecule has 6 aromatic rings. The van der Waals surface area contributed by atoms with Gasteiger partial charge < -0.3 is 4.98 Å². The number of aromatic amines is 1. The van der Waals surface area contributed by atoms with Gasteiger partial charge in [-0.15, -0.1) is 0 Å². The summed E-state index contributed by atoms with van der Waals surface area (Å²) in [4.78, 5) is 16.8. The van der Waals surface area contributed by atoms with Crippen LogP contribution in [0.3, 0.4) is 0 Å². The van der Waals surface area contributed by atoms with E-state index in [0.29, 0.717) is 33.7 Å². The van der Waals surface area contributed by atoms with Crippen LogP contribution >= 0.6 is 11.6 Å². The average Bonchev–Trinajstić information content (AvgIpc) is 3.31. The maximum Gasteiger partial charge on any atom is 0.226 e. The minimum absolute atomic E-state index is 0.0443. The number of hydrogen-bond acceptors (Lipinski definition) is 3. The fourth-order valence-corrected chi connectivity index (χ4v) is 4.08. The fourth-order valence-electron chi connectivity index (χ4n) is 3.92. The Morgan fingerprint density at radius 3 is 2.25 bits per heavy atom. The highest BCUT2D eigenvalue weighted by Crippen LogP contribution is 2.39. The molecule has 6 rings (SSSR count). The molecule has 0 saturated carbocycles. The van der Waals surface area contributed by atoms with E-state index in [1.807, 2.05) is 54.6 Å². The molecule has 0 amide bonds. The van der Waals surface area contributed by atoms with Crippen LogP contribution in [-0.4, -0.2) is 19.9 Å². The Bertz CT molecular complexity index is 1820. The van der Waals surface area contributed by atoms with Gasteiger partial charge in [0.25, 0.3) is 0 Å². The lowest BCUT2D eigenvalue weighted by Gasteiger charge is -2.09. The Balaban J connectivity index is 1.69. The van der Waals surface area contributed by atoms with E-state index in [1.165, 1.54) is 0 Å².